The van der Waals surface area contributed by atoms with Gasteiger partial charge in [0.1, 0.15) is 5.92 Å². The number of nitrogens with zero attached hydrogens (tertiary/aromatic N) is 2. The molecule has 3 heterocycles. The SMILES string of the molecule is O=C1CCCc2[nH]c(C=C3C=NC=C(C4C=NNC4=O)N3)cc21. The number of hydrogen-bond donors (Lipinski definition) is 3. The zero-order valence-corrected chi connectivity index (χ0v) is 12.3. The largest absolute Gasteiger partial charge is 0.358 e. The Morgan fingerprint density at radius 2 is 2.17 bits per heavy atom. The summed E-state index contributed by atoms with van der Waals surface area (Å²) >= 11 is 0. The molecule has 0 bridgehead atoms. The molecule has 0 radical (unpaired) electrons. The molecule has 1 aromatic heterocycles. The van der Waals surface area contributed by atoms with Crippen molar-refractivity contribution in [2.75, 3.05) is 0 Å². The Hall–Kier alpha value is -2.96. The maximum Gasteiger partial charge on any atom is 0.254 e. The molecule has 1 aromatic rings. The van der Waals surface area contributed by atoms with Gasteiger partial charge in [-0.3, -0.25) is 14.6 Å². The number of aryl methyl sites for hydroxylation is 1. The third kappa shape index (κ3) is 2.50. The van der Waals surface area contributed by atoms with Gasteiger partial charge in [-0.05, 0) is 25.0 Å². The average molecular weight is 309 g/mol. The number of aliphatic imine (C=N–C) groups is 1. The lowest BCUT2D eigenvalue weighted by atomic mass is 9.97. The van der Waals surface area contributed by atoms with Crippen LogP contribution in [0.4, 0.5) is 0 Å². The Morgan fingerprint density at radius 3 is 2.96 bits per heavy atom. The first-order chi connectivity index (χ1) is 11.2. The molecule has 0 fully saturated rings. The van der Waals surface area contributed by atoms with E-state index in [4.69, 9.17) is 0 Å². The predicted molar refractivity (Wildman–Crippen MR) is 85.9 cm³/mol. The van der Waals surface area contributed by atoms with Crippen molar-refractivity contribution in [2.45, 2.75) is 19.3 Å². The van der Waals surface area contributed by atoms with Gasteiger partial charge < -0.3 is 10.3 Å². The molecule has 1 amide bonds. The van der Waals surface area contributed by atoms with Crippen molar-refractivity contribution in [1.29, 1.82) is 0 Å². The summed E-state index contributed by atoms with van der Waals surface area (Å²) in [5, 5.41) is 6.94. The first-order valence-corrected chi connectivity index (χ1v) is 7.51. The van der Waals surface area contributed by atoms with E-state index in [-0.39, 0.29) is 11.7 Å². The number of allylic oxidation sites excluding steroid dienone is 1. The van der Waals surface area contributed by atoms with Crippen LogP contribution in [0.25, 0.3) is 6.08 Å². The number of hydrazone groups is 1. The summed E-state index contributed by atoms with van der Waals surface area (Å²) in [6.07, 6.45) is 9.12. The molecular weight excluding hydrogens is 294 g/mol. The van der Waals surface area contributed by atoms with Gasteiger partial charge in [-0.2, -0.15) is 5.10 Å². The maximum atomic E-state index is 11.9. The van der Waals surface area contributed by atoms with Crippen molar-refractivity contribution in [3.63, 3.8) is 0 Å². The van der Waals surface area contributed by atoms with Gasteiger partial charge in [0.15, 0.2) is 5.78 Å². The van der Waals surface area contributed by atoms with Gasteiger partial charge in [0.25, 0.3) is 5.91 Å². The van der Waals surface area contributed by atoms with E-state index in [2.05, 4.69) is 25.8 Å². The van der Waals surface area contributed by atoms with Crippen LogP contribution in [0, 0.1) is 5.92 Å². The second-order valence-corrected chi connectivity index (χ2v) is 5.71. The van der Waals surface area contributed by atoms with Gasteiger partial charge in [-0.25, -0.2) is 5.43 Å². The second kappa shape index (κ2) is 5.35. The zero-order chi connectivity index (χ0) is 15.8. The molecule has 7 heteroatoms. The molecule has 4 rings (SSSR count). The van der Waals surface area contributed by atoms with Gasteiger partial charge in [0.05, 0.1) is 17.6 Å². The molecule has 0 aromatic carbocycles. The van der Waals surface area contributed by atoms with Gasteiger partial charge in [-0.1, -0.05) is 0 Å². The van der Waals surface area contributed by atoms with E-state index in [1.165, 1.54) is 0 Å². The van der Waals surface area contributed by atoms with Gasteiger partial charge in [0, 0.05) is 35.8 Å². The van der Waals surface area contributed by atoms with E-state index in [0.717, 1.165) is 35.5 Å². The molecule has 116 valence electrons. The summed E-state index contributed by atoms with van der Waals surface area (Å²) in [6, 6.07) is 1.88. The lowest BCUT2D eigenvalue weighted by molar-refractivity contribution is -0.121. The lowest BCUT2D eigenvalue weighted by Gasteiger charge is -2.16. The molecule has 0 saturated heterocycles. The molecule has 7 nitrogen and oxygen atoms in total. The Balaban J connectivity index is 1.57. The summed E-state index contributed by atoms with van der Waals surface area (Å²) in [7, 11) is 0. The van der Waals surface area contributed by atoms with E-state index in [9.17, 15) is 9.59 Å². The fraction of sp³-hybridized carbons (Fsp3) is 0.250. The van der Waals surface area contributed by atoms with E-state index in [1.54, 1.807) is 18.6 Å². The lowest BCUT2D eigenvalue weighted by Crippen LogP contribution is -2.30. The van der Waals surface area contributed by atoms with Crippen LogP contribution in [0.5, 0.6) is 0 Å². The van der Waals surface area contributed by atoms with Crippen molar-refractivity contribution in [3.05, 3.63) is 40.6 Å². The summed E-state index contributed by atoms with van der Waals surface area (Å²) in [6.45, 7) is 0. The number of hydrogen-bond acceptors (Lipinski definition) is 5. The van der Waals surface area contributed by atoms with Crippen molar-refractivity contribution >= 4 is 30.2 Å². The van der Waals surface area contributed by atoms with Gasteiger partial charge in [-0.15, -0.1) is 0 Å². The van der Waals surface area contributed by atoms with Crippen molar-refractivity contribution in [2.24, 2.45) is 16.0 Å². The highest BCUT2D eigenvalue weighted by molar-refractivity contribution is 6.01. The molecular formula is C16H15N5O2. The minimum Gasteiger partial charge on any atom is -0.358 e. The fourth-order valence-corrected chi connectivity index (χ4v) is 2.97. The maximum absolute atomic E-state index is 11.9. The van der Waals surface area contributed by atoms with Gasteiger partial charge in [0.2, 0.25) is 0 Å². The topological polar surface area (TPSA) is 98.7 Å². The normalized spacial score (nSPS) is 24.4. The summed E-state index contributed by atoms with van der Waals surface area (Å²) in [5.41, 5.74) is 6.46. The number of carbonyl (C=O) groups excluding carboxylic acids is 2. The third-order valence-corrected chi connectivity index (χ3v) is 4.09. The smallest absolute Gasteiger partial charge is 0.254 e. The number of H-pyrrole nitrogens is 1. The van der Waals surface area contributed by atoms with E-state index in [0.29, 0.717) is 12.1 Å². The molecule has 2 aliphatic heterocycles. The van der Waals surface area contributed by atoms with Crippen LogP contribution in [-0.4, -0.2) is 29.1 Å². The molecule has 1 atom stereocenters. The molecule has 1 aliphatic carbocycles. The Labute approximate surface area is 132 Å². The van der Waals surface area contributed by atoms with Gasteiger partial charge >= 0.3 is 0 Å². The van der Waals surface area contributed by atoms with Crippen molar-refractivity contribution < 1.29 is 9.59 Å². The Kier molecular flexibility index (Phi) is 3.18. The number of Topliss-reactive ketones (excluding diaryl/α,β-unsaturated/α-hetero) is 1. The Bertz CT molecular complexity index is 812. The summed E-state index contributed by atoms with van der Waals surface area (Å²) in [4.78, 5) is 31.0. The van der Waals surface area contributed by atoms with Crippen molar-refractivity contribution in [3.8, 4) is 0 Å². The number of carbonyl (C=O) groups is 2. The monoisotopic (exact) mass is 309 g/mol. The van der Waals surface area contributed by atoms with Crippen LogP contribution in [0.15, 0.2) is 33.8 Å². The molecule has 0 spiro atoms. The highest BCUT2D eigenvalue weighted by Gasteiger charge is 2.26. The molecule has 0 saturated carbocycles. The van der Waals surface area contributed by atoms with Crippen LogP contribution in [0.3, 0.4) is 0 Å². The van der Waals surface area contributed by atoms with Crippen LogP contribution in [-0.2, 0) is 11.2 Å². The highest BCUT2D eigenvalue weighted by Crippen LogP contribution is 2.23. The van der Waals surface area contributed by atoms with Crippen LogP contribution < -0.4 is 10.7 Å². The fourth-order valence-electron chi connectivity index (χ4n) is 2.97. The minimum absolute atomic E-state index is 0.180. The number of fused-ring (bicyclic) bond motifs is 1. The second-order valence-electron chi connectivity index (χ2n) is 5.71. The first-order valence-electron chi connectivity index (χ1n) is 7.51. The molecule has 3 aliphatic rings. The van der Waals surface area contributed by atoms with E-state index >= 15 is 0 Å². The summed E-state index contributed by atoms with van der Waals surface area (Å²) < 4.78 is 0. The number of amides is 1. The molecule has 3 N–H and O–H groups in total. The van der Waals surface area contributed by atoms with Crippen molar-refractivity contribution in [1.82, 2.24) is 15.7 Å². The highest BCUT2D eigenvalue weighted by atomic mass is 16.2. The molecule has 23 heavy (non-hydrogen) atoms. The quantitative estimate of drug-likeness (QED) is 0.763. The van der Waals surface area contributed by atoms with E-state index < -0.39 is 5.92 Å². The number of aromatic nitrogens is 1. The number of rotatable bonds is 2. The van der Waals surface area contributed by atoms with Crippen LogP contribution in [0.1, 0.15) is 34.6 Å². The first kappa shape index (κ1) is 13.7. The predicted octanol–water partition coefficient (Wildman–Crippen LogP) is 1.12. The molecule has 1 unspecified atom stereocenters. The summed E-state index contributed by atoms with van der Waals surface area (Å²) in [5.74, 6) is -0.438. The number of aromatic amines is 1. The van der Waals surface area contributed by atoms with Crippen LogP contribution >= 0.6 is 0 Å². The Morgan fingerprint density at radius 1 is 1.26 bits per heavy atom. The third-order valence-electron chi connectivity index (χ3n) is 4.09. The van der Waals surface area contributed by atoms with Crippen LogP contribution in [0.2, 0.25) is 0 Å². The zero-order valence-electron chi connectivity index (χ0n) is 12.3. The van der Waals surface area contributed by atoms with E-state index in [1.807, 2.05) is 12.1 Å². The average Bonchev–Trinajstić information content (AvgIpc) is 3.14. The standard InChI is InChI=1S/C16H15N5O2/c22-15-3-1-2-13-11(15)5-9(19-13)4-10-6-17-8-14(20-10)12-7-18-21-16(12)23/h4-8,12,19-20H,1-3H2,(H,21,23). The number of nitrogens with one attached hydrogen (secondary N) is 3. The minimum atomic E-state index is -0.450. The number of ketones is 1.